The first-order valence-corrected chi connectivity index (χ1v) is 6.42. The summed E-state index contributed by atoms with van der Waals surface area (Å²) in [6.07, 6.45) is 2.00. The summed E-state index contributed by atoms with van der Waals surface area (Å²) in [5, 5.41) is 8.51. The van der Waals surface area contributed by atoms with Crippen molar-refractivity contribution in [3.63, 3.8) is 0 Å². The predicted octanol–water partition coefficient (Wildman–Crippen LogP) is 1.56. The van der Waals surface area contributed by atoms with Crippen molar-refractivity contribution in [2.75, 3.05) is 34.2 Å². The van der Waals surface area contributed by atoms with Crippen LogP contribution < -0.4 is 0 Å². The molecule has 0 aliphatic rings. The van der Waals surface area contributed by atoms with Gasteiger partial charge in [-0.1, -0.05) is 6.07 Å². The van der Waals surface area contributed by atoms with E-state index in [4.69, 9.17) is 5.11 Å². The molecular formula is C15H19FN2O3. The molecule has 1 rings (SSSR count). The van der Waals surface area contributed by atoms with Gasteiger partial charge < -0.3 is 14.9 Å². The lowest BCUT2D eigenvalue weighted by Crippen LogP contribution is -2.33. The van der Waals surface area contributed by atoms with E-state index in [0.29, 0.717) is 13.1 Å². The predicted molar refractivity (Wildman–Crippen MR) is 78.6 cm³/mol. The monoisotopic (exact) mass is 294 g/mol. The molecule has 0 saturated heterocycles. The normalized spacial score (nSPS) is 11.1. The SMILES string of the molecule is CN(C)CCN(C)C(=O)c1ccc(C=CC(=O)O)c(F)c1. The Morgan fingerprint density at radius 3 is 2.43 bits per heavy atom. The summed E-state index contributed by atoms with van der Waals surface area (Å²) < 4.78 is 13.8. The Hall–Kier alpha value is -2.21. The molecule has 1 aromatic rings. The van der Waals surface area contributed by atoms with Crippen LogP contribution in [0.5, 0.6) is 0 Å². The van der Waals surface area contributed by atoms with E-state index in [0.717, 1.165) is 18.2 Å². The molecule has 1 aromatic carbocycles. The largest absolute Gasteiger partial charge is 0.478 e. The Balaban J connectivity index is 2.83. The fourth-order valence-corrected chi connectivity index (χ4v) is 1.63. The summed E-state index contributed by atoms with van der Waals surface area (Å²) >= 11 is 0. The molecule has 5 nitrogen and oxygen atoms in total. The minimum atomic E-state index is -1.15. The standard InChI is InChI=1S/C15H19FN2O3/c1-17(2)8-9-18(3)15(21)12-5-4-11(13(16)10-12)6-7-14(19)20/h4-7,10H,8-9H2,1-3H3,(H,19,20). The fourth-order valence-electron chi connectivity index (χ4n) is 1.63. The third-order valence-corrected chi connectivity index (χ3v) is 2.88. The van der Waals surface area contributed by atoms with Crippen LogP contribution in [0.3, 0.4) is 0 Å². The molecule has 0 fully saturated rings. The van der Waals surface area contributed by atoms with Gasteiger partial charge in [-0.15, -0.1) is 0 Å². The fraction of sp³-hybridized carbons (Fsp3) is 0.333. The van der Waals surface area contributed by atoms with Crippen LogP contribution in [0.25, 0.3) is 6.08 Å². The summed E-state index contributed by atoms with van der Waals surface area (Å²) in [6.45, 7) is 1.25. The van der Waals surface area contributed by atoms with E-state index in [1.54, 1.807) is 7.05 Å². The van der Waals surface area contributed by atoms with Crippen molar-refractivity contribution in [1.29, 1.82) is 0 Å². The minimum absolute atomic E-state index is 0.130. The van der Waals surface area contributed by atoms with Crippen LogP contribution in [0, 0.1) is 5.82 Å². The van der Waals surface area contributed by atoms with E-state index >= 15 is 0 Å². The molecule has 0 atom stereocenters. The molecule has 1 N–H and O–H groups in total. The molecule has 0 saturated carbocycles. The lowest BCUT2D eigenvalue weighted by Gasteiger charge is -2.19. The van der Waals surface area contributed by atoms with Crippen molar-refractivity contribution in [3.8, 4) is 0 Å². The van der Waals surface area contributed by atoms with Crippen LogP contribution in [0.1, 0.15) is 15.9 Å². The Labute approximate surface area is 123 Å². The molecule has 0 bridgehead atoms. The lowest BCUT2D eigenvalue weighted by molar-refractivity contribution is -0.131. The van der Waals surface area contributed by atoms with Gasteiger partial charge in [-0.2, -0.15) is 0 Å². The number of carboxylic acid groups (broad SMARTS) is 1. The molecule has 0 aliphatic carbocycles. The first-order valence-electron chi connectivity index (χ1n) is 6.42. The zero-order chi connectivity index (χ0) is 16.0. The number of likely N-dealkylation sites (N-methyl/N-ethyl adjacent to an activating group) is 2. The van der Waals surface area contributed by atoms with Gasteiger partial charge in [-0.25, -0.2) is 9.18 Å². The minimum Gasteiger partial charge on any atom is -0.478 e. The number of halogens is 1. The smallest absolute Gasteiger partial charge is 0.328 e. The van der Waals surface area contributed by atoms with Gasteiger partial charge in [0, 0.05) is 37.3 Å². The van der Waals surface area contributed by atoms with E-state index in [9.17, 15) is 14.0 Å². The molecule has 0 heterocycles. The molecule has 0 aliphatic heterocycles. The maximum absolute atomic E-state index is 13.8. The summed E-state index contributed by atoms with van der Waals surface area (Å²) in [4.78, 5) is 26.0. The van der Waals surface area contributed by atoms with Crippen molar-refractivity contribution < 1.29 is 19.1 Å². The number of benzene rings is 1. The number of amides is 1. The molecule has 0 radical (unpaired) electrons. The Morgan fingerprint density at radius 1 is 1.24 bits per heavy atom. The number of rotatable bonds is 6. The molecular weight excluding hydrogens is 275 g/mol. The van der Waals surface area contributed by atoms with E-state index in [1.807, 2.05) is 19.0 Å². The highest BCUT2D eigenvalue weighted by molar-refractivity contribution is 5.94. The van der Waals surface area contributed by atoms with Crippen LogP contribution in [-0.4, -0.2) is 61.0 Å². The van der Waals surface area contributed by atoms with Crippen molar-refractivity contribution in [3.05, 3.63) is 41.2 Å². The number of carbonyl (C=O) groups is 2. The van der Waals surface area contributed by atoms with Crippen molar-refractivity contribution in [2.45, 2.75) is 0 Å². The number of carbonyl (C=O) groups excluding carboxylic acids is 1. The summed E-state index contributed by atoms with van der Waals surface area (Å²) in [5.41, 5.74) is 0.367. The topological polar surface area (TPSA) is 60.9 Å². The van der Waals surface area contributed by atoms with Crippen molar-refractivity contribution in [1.82, 2.24) is 9.80 Å². The number of carboxylic acids is 1. The molecule has 0 aromatic heterocycles. The highest BCUT2D eigenvalue weighted by Gasteiger charge is 2.13. The zero-order valence-electron chi connectivity index (χ0n) is 12.3. The second-order valence-corrected chi connectivity index (χ2v) is 4.94. The van der Waals surface area contributed by atoms with Gasteiger partial charge in [0.1, 0.15) is 5.82 Å². The van der Waals surface area contributed by atoms with E-state index in [-0.39, 0.29) is 17.0 Å². The molecule has 0 unspecified atom stereocenters. The highest BCUT2D eigenvalue weighted by Crippen LogP contribution is 2.13. The van der Waals surface area contributed by atoms with Crippen LogP contribution in [0.4, 0.5) is 4.39 Å². The number of nitrogens with zero attached hydrogens (tertiary/aromatic N) is 2. The molecule has 0 spiro atoms. The van der Waals surface area contributed by atoms with Gasteiger partial charge in [-0.05, 0) is 32.3 Å². The second-order valence-electron chi connectivity index (χ2n) is 4.94. The van der Waals surface area contributed by atoms with Crippen LogP contribution >= 0.6 is 0 Å². The Morgan fingerprint density at radius 2 is 1.90 bits per heavy atom. The van der Waals surface area contributed by atoms with Gasteiger partial charge in [0.05, 0.1) is 0 Å². The third-order valence-electron chi connectivity index (χ3n) is 2.88. The van der Waals surface area contributed by atoms with Crippen molar-refractivity contribution in [2.24, 2.45) is 0 Å². The summed E-state index contributed by atoms with van der Waals surface area (Å²) in [7, 11) is 5.46. The van der Waals surface area contributed by atoms with E-state index in [2.05, 4.69) is 0 Å². The van der Waals surface area contributed by atoms with Gasteiger partial charge in [0.2, 0.25) is 0 Å². The van der Waals surface area contributed by atoms with E-state index in [1.165, 1.54) is 17.0 Å². The van der Waals surface area contributed by atoms with E-state index < -0.39 is 11.8 Å². The summed E-state index contributed by atoms with van der Waals surface area (Å²) in [6, 6.07) is 4.00. The first-order chi connectivity index (χ1) is 9.81. The Kier molecular flexibility index (Phi) is 6.05. The van der Waals surface area contributed by atoms with Crippen LogP contribution in [0.2, 0.25) is 0 Å². The maximum atomic E-state index is 13.8. The molecule has 114 valence electrons. The van der Waals surface area contributed by atoms with Gasteiger partial charge in [0.15, 0.2) is 0 Å². The van der Waals surface area contributed by atoms with Crippen LogP contribution in [0.15, 0.2) is 24.3 Å². The average molecular weight is 294 g/mol. The number of hydrogen-bond donors (Lipinski definition) is 1. The second kappa shape index (κ2) is 7.54. The summed E-state index contributed by atoms with van der Waals surface area (Å²) in [5.74, 6) is -2.05. The maximum Gasteiger partial charge on any atom is 0.328 e. The van der Waals surface area contributed by atoms with Gasteiger partial charge in [-0.3, -0.25) is 4.79 Å². The quantitative estimate of drug-likeness (QED) is 0.809. The lowest BCUT2D eigenvalue weighted by atomic mass is 10.1. The molecule has 21 heavy (non-hydrogen) atoms. The first kappa shape index (κ1) is 16.8. The van der Waals surface area contributed by atoms with Crippen molar-refractivity contribution >= 4 is 18.0 Å². The van der Waals surface area contributed by atoms with Gasteiger partial charge in [0.25, 0.3) is 5.91 Å². The van der Waals surface area contributed by atoms with Crippen LogP contribution in [-0.2, 0) is 4.79 Å². The van der Waals surface area contributed by atoms with Gasteiger partial charge >= 0.3 is 5.97 Å². The molecule has 1 amide bonds. The number of hydrogen-bond acceptors (Lipinski definition) is 3. The average Bonchev–Trinajstić information content (AvgIpc) is 2.42. The third kappa shape index (κ3) is 5.35. The molecule has 6 heteroatoms. The number of aliphatic carboxylic acids is 1. The Bertz CT molecular complexity index is 556. The highest BCUT2D eigenvalue weighted by atomic mass is 19.1. The zero-order valence-corrected chi connectivity index (χ0v) is 12.3.